The van der Waals surface area contributed by atoms with Crippen LogP contribution >= 0.6 is 11.3 Å². The van der Waals surface area contributed by atoms with Crippen LogP contribution in [0, 0.1) is 11.3 Å². The van der Waals surface area contributed by atoms with Crippen molar-refractivity contribution in [1.82, 2.24) is 10.3 Å². The van der Waals surface area contributed by atoms with Gasteiger partial charge in [-0.05, 0) is 42.2 Å². The zero-order valence-electron chi connectivity index (χ0n) is 15.9. The van der Waals surface area contributed by atoms with Crippen molar-refractivity contribution in [2.24, 2.45) is 23.4 Å². The second-order valence-electron chi connectivity index (χ2n) is 8.23. The molecule has 1 aliphatic rings. The number of nitrogens with two attached hydrogens (primary N) is 1. The lowest BCUT2D eigenvalue weighted by molar-refractivity contribution is -0.739. The Morgan fingerprint density at radius 3 is 2.89 bits per heavy atom. The van der Waals surface area contributed by atoms with Crippen LogP contribution in [0.5, 0.6) is 0 Å². The van der Waals surface area contributed by atoms with Crippen LogP contribution in [0.1, 0.15) is 43.3 Å². The second kappa shape index (κ2) is 6.30. The third-order valence-electron chi connectivity index (χ3n) is 5.28. The molecule has 0 bridgehead atoms. The van der Waals surface area contributed by atoms with Gasteiger partial charge in [-0.2, -0.15) is 0 Å². The van der Waals surface area contributed by atoms with E-state index >= 15 is 0 Å². The topological polar surface area (TPSA) is 104 Å². The summed E-state index contributed by atoms with van der Waals surface area (Å²) >= 11 is 1.29. The molecule has 4 rings (SSSR count). The standard InChI is InChI=1S/C19H23N5O2S/c1-19(2,3)11-5-6-13-10(7-11)8-12-15(20)16(27-18(12)21-13)17(25)22-14-9-24(4)23-26-14/h8-9,11H,5-7H2,1-4H3,(H2-,20,22,23,25). The van der Waals surface area contributed by atoms with Gasteiger partial charge in [0.1, 0.15) is 4.83 Å². The molecule has 7 nitrogen and oxygen atoms in total. The van der Waals surface area contributed by atoms with E-state index in [2.05, 4.69) is 37.1 Å². The number of aryl methyl sites for hydroxylation is 2. The third-order valence-corrected chi connectivity index (χ3v) is 6.38. The number of thiophene rings is 1. The zero-order valence-corrected chi connectivity index (χ0v) is 16.8. The summed E-state index contributed by atoms with van der Waals surface area (Å²) in [6.07, 6.45) is 4.64. The van der Waals surface area contributed by atoms with E-state index in [1.807, 2.05) is 0 Å². The van der Waals surface area contributed by atoms with Crippen molar-refractivity contribution in [2.45, 2.75) is 40.0 Å². The normalized spacial score (nSPS) is 18.1. The largest absolute Gasteiger partial charge is 0.857 e. The number of hydrogen-bond donors (Lipinski definition) is 1. The fourth-order valence-corrected chi connectivity index (χ4v) is 4.58. The molecular formula is C19H23N5O2S. The molecule has 3 aromatic rings. The minimum absolute atomic E-state index is 0.152. The predicted molar refractivity (Wildman–Crippen MR) is 103 cm³/mol. The predicted octanol–water partition coefficient (Wildman–Crippen LogP) is 2.28. The number of hydrogen-bond acceptors (Lipinski definition) is 7. The van der Waals surface area contributed by atoms with Crippen molar-refractivity contribution in [3.8, 4) is 0 Å². The summed E-state index contributed by atoms with van der Waals surface area (Å²) in [6.45, 7) is 6.86. The molecule has 142 valence electrons. The highest BCUT2D eigenvalue weighted by Crippen LogP contribution is 2.40. The molecule has 0 spiro atoms. The Morgan fingerprint density at radius 2 is 2.22 bits per heavy atom. The van der Waals surface area contributed by atoms with Gasteiger partial charge in [-0.15, -0.1) is 11.3 Å². The summed E-state index contributed by atoms with van der Waals surface area (Å²) in [6, 6.07) is 2.12. The van der Waals surface area contributed by atoms with Crippen LogP contribution in [0.15, 0.2) is 21.8 Å². The van der Waals surface area contributed by atoms with Crippen molar-refractivity contribution in [3.05, 3.63) is 28.4 Å². The molecule has 0 saturated carbocycles. The first-order chi connectivity index (χ1) is 12.7. The summed E-state index contributed by atoms with van der Waals surface area (Å²) in [5, 5.41) is 17.1. The summed E-state index contributed by atoms with van der Waals surface area (Å²) in [5.74, 6) is 0.338. The Bertz CT molecular complexity index is 1040. The molecule has 0 aromatic carbocycles. The monoisotopic (exact) mass is 385 g/mol. The Balaban J connectivity index is 1.74. The molecule has 0 amide bonds. The molecule has 0 saturated heterocycles. The van der Waals surface area contributed by atoms with Crippen LogP contribution in [0.2, 0.25) is 0 Å². The van der Waals surface area contributed by atoms with Gasteiger partial charge in [0.15, 0.2) is 12.3 Å². The van der Waals surface area contributed by atoms with E-state index in [1.165, 1.54) is 27.8 Å². The number of anilines is 1. The Morgan fingerprint density at radius 1 is 1.44 bits per heavy atom. The average molecular weight is 385 g/mol. The van der Waals surface area contributed by atoms with Crippen LogP contribution in [0.25, 0.3) is 10.2 Å². The molecule has 1 unspecified atom stereocenters. The Kier molecular flexibility index (Phi) is 4.18. The van der Waals surface area contributed by atoms with E-state index in [9.17, 15) is 5.11 Å². The fraction of sp³-hybridized carbons (Fsp3) is 0.474. The van der Waals surface area contributed by atoms with Gasteiger partial charge < -0.3 is 10.8 Å². The maximum absolute atomic E-state index is 12.6. The van der Waals surface area contributed by atoms with Crippen molar-refractivity contribution in [1.29, 1.82) is 0 Å². The molecular weight excluding hydrogens is 362 g/mol. The molecule has 1 aliphatic carbocycles. The first-order valence-electron chi connectivity index (χ1n) is 9.02. The highest BCUT2D eigenvalue weighted by molar-refractivity contribution is 7.21. The van der Waals surface area contributed by atoms with Gasteiger partial charge in [0, 0.05) is 17.0 Å². The SMILES string of the molecule is C[n+]1cc(/N=C(\[O-])c2sc3nc4c(cc3c2N)CC(C(C)(C)C)CC4)on1. The Hall–Kier alpha value is -2.48. The highest BCUT2D eigenvalue weighted by Gasteiger charge is 2.30. The van der Waals surface area contributed by atoms with Crippen LogP contribution in [-0.2, 0) is 19.9 Å². The van der Waals surface area contributed by atoms with Crippen molar-refractivity contribution in [3.63, 3.8) is 0 Å². The van der Waals surface area contributed by atoms with Gasteiger partial charge in [-0.1, -0.05) is 25.5 Å². The van der Waals surface area contributed by atoms with Crippen LogP contribution in [-0.4, -0.2) is 16.2 Å². The maximum atomic E-state index is 12.6. The quantitative estimate of drug-likeness (QED) is 0.414. The van der Waals surface area contributed by atoms with E-state index < -0.39 is 5.90 Å². The summed E-state index contributed by atoms with van der Waals surface area (Å²) in [4.78, 5) is 9.96. The maximum Gasteiger partial charge on any atom is 0.320 e. The minimum atomic E-state index is -0.433. The number of pyridine rings is 1. The van der Waals surface area contributed by atoms with E-state index in [0.717, 1.165) is 35.2 Å². The molecule has 8 heteroatoms. The average Bonchev–Trinajstić information content (AvgIpc) is 3.15. The third kappa shape index (κ3) is 3.29. The molecule has 2 N–H and O–H groups in total. The minimum Gasteiger partial charge on any atom is -0.857 e. The second-order valence-corrected chi connectivity index (χ2v) is 9.23. The van der Waals surface area contributed by atoms with Crippen LogP contribution in [0.3, 0.4) is 0 Å². The first kappa shape index (κ1) is 17.9. The van der Waals surface area contributed by atoms with Gasteiger partial charge in [-0.3, -0.25) is 4.52 Å². The summed E-state index contributed by atoms with van der Waals surface area (Å²) < 4.78 is 6.42. The van der Waals surface area contributed by atoms with Crippen LogP contribution < -0.4 is 15.5 Å². The number of nitrogens with zero attached hydrogens (tertiary/aromatic N) is 4. The molecule has 0 radical (unpaired) electrons. The Labute approximate surface area is 161 Å². The zero-order chi connectivity index (χ0) is 19.3. The highest BCUT2D eigenvalue weighted by atomic mass is 32.1. The number of nitrogen functional groups attached to an aromatic ring is 1. The van der Waals surface area contributed by atoms with Gasteiger partial charge in [0.25, 0.3) is 6.20 Å². The van der Waals surface area contributed by atoms with Crippen molar-refractivity contribution >= 4 is 39.0 Å². The van der Waals surface area contributed by atoms with E-state index in [4.69, 9.17) is 15.2 Å². The van der Waals surface area contributed by atoms with Crippen molar-refractivity contribution < 1.29 is 14.3 Å². The lowest BCUT2D eigenvalue weighted by Crippen LogP contribution is -2.27. The van der Waals surface area contributed by atoms with Gasteiger partial charge in [0.2, 0.25) is 0 Å². The number of rotatable bonds is 2. The van der Waals surface area contributed by atoms with Gasteiger partial charge in [0.05, 0.1) is 10.6 Å². The summed E-state index contributed by atoms with van der Waals surface area (Å²) in [5.41, 5.74) is 9.37. The smallest absolute Gasteiger partial charge is 0.320 e. The van der Waals surface area contributed by atoms with E-state index in [-0.39, 0.29) is 11.3 Å². The van der Waals surface area contributed by atoms with Gasteiger partial charge >= 0.3 is 5.88 Å². The lowest BCUT2D eigenvalue weighted by atomic mass is 9.71. The van der Waals surface area contributed by atoms with E-state index in [1.54, 1.807) is 7.05 Å². The first-order valence-corrected chi connectivity index (χ1v) is 9.83. The molecule has 0 fully saturated rings. The molecule has 3 aromatic heterocycles. The number of aliphatic imine (C=N–C) groups is 1. The fourth-order valence-electron chi connectivity index (χ4n) is 3.60. The van der Waals surface area contributed by atoms with E-state index in [0.29, 0.717) is 16.5 Å². The molecule has 3 heterocycles. The number of aromatic nitrogens is 3. The molecule has 0 aliphatic heterocycles. The van der Waals surface area contributed by atoms with Gasteiger partial charge in [-0.25, -0.2) is 9.98 Å². The van der Waals surface area contributed by atoms with Crippen LogP contribution in [0.4, 0.5) is 11.6 Å². The lowest BCUT2D eigenvalue weighted by Gasteiger charge is -2.34. The summed E-state index contributed by atoms with van der Waals surface area (Å²) in [7, 11) is 1.69. The van der Waals surface area contributed by atoms with Crippen molar-refractivity contribution in [2.75, 3.05) is 5.73 Å². The molecule has 1 atom stereocenters. The molecule has 27 heavy (non-hydrogen) atoms. The number of fused-ring (bicyclic) bond motifs is 2.